The second-order valence-corrected chi connectivity index (χ2v) is 6.59. The zero-order valence-corrected chi connectivity index (χ0v) is 15.8. The van der Waals surface area contributed by atoms with Crippen LogP contribution in [-0.2, 0) is 19.3 Å². The number of hydrogen-bond donors (Lipinski definition) is 2. The van der Waals surface area contributed by atoms with Gasteiger partial charge in [0, 0.05) is 30.5 Å². The van der Waals surface area contributed by atoms with Crippen LogP contribution in [-0.4, -0.2) is 32.3 Å². The van der Waals surface area contributed by atoms with Gasteiger partial charge in [0.15, 0.2) is 17.5 Å². The quantitative estimate of drug-likeness (QED) is 0.483. The average Bonchev–Trinajstić information content (AvgIpc) is 3.36. The highest BCUT2D eigenvalue weighted by Crippen LogP contribution is 2.29. The van der Waals surface area contributed by atoms with Crippen LogP contribution < -0.4 is 10.6 Å². The van der Waals surface area contributed by atoms with Crippen molar-refractivity contribution in [3.8, 4) is 5.82 Å². The molecule has 2 N–H and O–H groups in total. The number of halogens is 3. The minimum Gasteiger partial charge on any atom is -0.357 e. The minimum atomic E-state index is -4.43. The van der Waals surface area contributed by atoms with Gasteiger partial charge in [0.05, 0.1) is 13.1 Å². The van der Waals surface area contributed by atoms with E-state index < -0.39 is 11.9 Å². The molecule has 3 heterocycles. The van der Waals surface area contributed by atoms with E-state index in [2.05, 4.69) is 30.7 Å². The Balaban J connectivity index is 1.64. The predicted octanol–water partition coefficient (Wildman–Crippen LogP) is 3.00. The van der Waals surface area contributed by atoms with E-state index in [1.165, 1.54) is 0 Å². The number of guanidine groups is 1. The maximum Gasteiger partial charge on any atom is 0.434 e. The molecule has 0 aliphatic rings. The number of hydrogen-bond acceptors (Lipinski definition) is 5. The lowest BCUT2D eigenvalue weighted by atomic mass is 10.2. The molecule has 0 aliphatic carbocycles. The van der Waals surface area contributed by atoms with Crippen molar-refractivity contribution in [3.63, 3.8) is 0 Å². The standard InChI is InChI=1S/C17H18F3N7S/c1-2-21-16(24-10-15-26-13(11-28-15)17(18,19)20)23-9-12-4-6-22-14(8-12)27-7-3-5-25-27/h3-8,11H,2,9-10H2,1H3,(H2,21,23,24). The lowest BCUT2D eigenvalue weighted by Crippen LogP contribution is -2.36. The summed E-state index contributed by atoms with van der Waals surface area (Å²) in [7, 11) is 0. The maximum absolute atomic E-state index is 12.6. The van der Waals surface area contributed by atoms with Gasteiger partial charge in [-0.05, 0) is 30.7 Å². The average molecular weight is 409 g/mol. The molecule has 0 fully saturated rings. The molecule has 0 saturated heterocycles. The summed E-state index contributed by atoms with van der Waals surface area (Å²) >= 11 is 0.957. The fourth-order valence-electron chi connectivity index (χ4n) is 2.28. The molecule has 28 heavy (non-hydrogen) atoms. The van der Waals surface area contributed by atoms with Crippen molar-refractivity contribution in [1.29, 1.82) is 0 Å². The second-order valence-electron chi connectivity index (χ2n) is 5.65. The molecule has 0 aromatic carbocycles. The molecule has 0 atom stereocenters. The first kappa shape index (κ1) is 19.8. The number of alkyl halides is 3. The van der Waals surface area contributed by atoms with Gasteiger partial charge in [-0.3, -0.25) is 0 Å². The van der Waals surface area contributed by atoms with Gasteiger partial charge in [-0.2, -0.15) is 18.3 Å². The van der Waals surface area contributed by atoms with Gasteiger partial charge in [-0.1, -0.05) is 0 Å². The van der Waals surface area contributed by atoms with Gasteiger partial charge in [-0.15, -0.1) is 11.3 Å². The predicted molar refractivity (Wildman–Crippen MR) is 100 cm³/mol. The summed E-state index contributed by atoms with van der Waals surface area (Å²) in [6.45, 7) is 3.05. The number of nitrogens with zero attached hydrogens (tertiary/aromatic N) is 5. The SMILES string of the molecule is CCNC(=NCc1ccnc(-n2cccn2)c1)NCc1nc(C(F)(F)F)cs1. The molecule has 0 spiro atoms. The number of thiazole rings is 1. The summed E-state index contributed by atoms with van der Waals surface area (Å²) in [6, 6.07) is 5.52. The Morgan fingerprint density at radius 3 is 2.82 bits per heavy atom. The molecule has 3 rings (SSSR count). The number of rotatable bonds is 6. The van der Waals surface area contributed by atoms with E-state index in [0.29, 0.717) is 29.9 Å². The Morgan fingerprint density at radius 2 is 2.14 bits per heavy atom. The van der Waals surface area contributed by atoms with E-state index in [0.717, 1.165) is 22.3 Å². The van der Waals surface area contributed by atoms with E-state index in [1.54, 1.807) is 23.3 Å². The molecule has 0 radical (unpaired) electrons. The van der Waals surface area contributed by atoms with Gasteiger partial charge < -0.3 is 10.6 Å². The van der Waals surface area contributed by atoms with Crippen molar-refractivity contribution in [1.82, 2.24) is 30.4 Å². The second kappa shape index (κ2) is 8.83. The molecule has 148 valence electrons. The molecule has 0 unspecified atom stereocenters. The van der Waals surface area contributed by atoms with E-state index >= 15 is 0 Å². The lowest BCUT2D eigenvalue weighted by molar-refractivity contribution is -0.140. The summed E-state index contributed by atoms with van der Waals surface area (Å²) in [5.74, 6) is 1.17. The van der Waals surface area contributed by atoms with Crippen LogP contribution >= 0.6 is 11.3 Å². The molecule has 3 aromatic rings. The highest BCUT2D eigenvalue weighted by Gasteiger charge is 2.33. The summed E-state index contributed by atoms with van der Waals surface area (Å²) in [4.78, 5) is 12.3. The van der Waals surface area contributed by atoms with E-state index in [-0.39, 0.29) is 6.54 Å². The number of nitrogens with one attached hydrogen (secondary N) is 2. The Hall–Kier alpha value is -2.95. The van der Waals surface area contributed by atoms with Crippen molar-refractivity contribution >= 4 is 17.3 Å². The van der Waals surface area contributed by atoms with Crippen LogP contribution in [0, 0.1) is 0 Å². The lowest BCUT2D eigenvalue weighted by Gasteiger charge is -2.10. The molecule has 0 aliphatic heterocycles. The Labute approximate surface area is 163 Å². The Morgan fingerprint density at radius 1 is 1.29 bits per heavy atom. The summed E-state index contributed by atoms with van der Waals surface area (Å²) in [6.07, 6.45) is 0.712. The summed E-state index contributed by atoms with van der Waals surface area (Å²) < 4.78 is 39.6. The molecule has 0 saturated carbocycles. The van der Waals surface area contributed by atoms with Crippen molar-refractivity contribution in [2.45, 2.75) is 26.2 Å². The van der Waals surface area contributed by atoms with Crippen molar-refractivity contribution in [3.05, 3.63) is 58.4 Å². The Bertz CT molecular complexity index is 919. The largest absolute Gasteiger partial charge is 0.434 e. The molecule has 11 heteroatoms. The van der Waals surface area contributed by atoms with Gasteiger partial charge in [0.25, 0.3) is 0 Å². The molecule has 3 aromatic heterocycles. The van der Waals surface area contributed by atoms with Crippen molar-refractivity contribution in [2.24, 2.45) is 4.99 Å². The zero-order chi connectivity index (χ0) is 20.0. The molecule has 7 nitrogen and oxygen atoms in total. The third kappa shape index (κ3) is 5.28. The minimum absolute atomic E-state index is 0.154. The van der Waals surface area contributed by atoms with Crippen LogP contribution in [0.3, 0.4) is 0 Å². The third-order valence-corrected chi connectivity index (χ3v) is 4.41. The third-order valence-electron chi connectivity index (χ3n) is 3.56. The number of aliphatic imine (C=N–C) groups is 1. The molecule has 0 amide bonds. The van der Waals surface area contributed by atoms with Crippen LogP contribution in [0.25, 0.3) is 5.82 Å². The normalized spacial score (nSPS) is 12.2. The molecular formula is C17H18F3N7S. The number of aromatic nitrogens is 4. The number of pyridine rings is 1. The van der Waals surface area contributed by atoms with E-state index in [9.17, 15) is 13.2 Å². The highest BCUT2D eigenvalue weighted by atomic mass is 32.1. The molecular weight excluding hydrogens is 391 g/mol. The van der Waals surface area contributed by atoms with Crippen LogP contribution in [0.2, 0.25) is 0 Å². The first-order valence-electron chi connectivity index (χ1n) is 8.44. The van der Waals surface area contributed by atoms with E-state index in [4.69, 9.17) is 0 Å². The van der Waals surface area contributed by atoms with Gasteiger partial charge in [-0.25, -0.2) is 19.6 Å². The van der Waals surface area contributed by atoms with Crippen LogP contribution in [0.4, 0.5) is 13.2 Å². The molecule has 0 bridgehead atoms. The monoisotopic (exact) mass is 409 g/mol. The fourth-order valence-corrected chi connectivity index (χ4v) is 3.02. The van der Waals surface area contributed by atoms with Crippen molar-refractivity contribution < 1.29 is 13.2 Å². The van der Waals surface area contributed by atoms with Crippen molar-refractivity contribution in [2.75, 3.05) is 6.54 Å². The van der Waals surface area contributed by atoms with Gasteiger partial charge in [0.1, 0.15) is 5.01 Å². The first-order valence-corrected chi connectivity index (χ1v) is 9.32. The van der Waals surface area contributed by atoms with Crippen LogP contribution in [0.15, 0.2) is 47.2 Å². The van der Waals surface area contributed by atoms with Gasteiger partial charge in [0.2, 0.25) is 0 Å². The summed E-state index contributed by atoms with van der Waals surface area (Å²) in [5.41, 5.74) is 0.0467. The highest BCUT2D eigenvalue weighted by molar-refractivity contribution is 7.09. The Kier molecular flexibility index (Phi) is 6.24. The van der Waals surface area contributed by atoms with Gasteiger partial charge >= 0.3 is 6.18 Å². The summed E-state index contributed by atoms with van der Waals surface area (Å²) in [5, 5.41) is 11.6. The smallest absolute Gasteiger partial charge is 0.357 e. The maximum atomic E-state index is 12.6. The van der Waals surface area contributed by atoms with E-state index in [1.807, 2.05) is 25.1 Å². The fraction of sp³-hybridized carbons (Fsp3) is 0.294. The zero-order valence-electron chi connectivity index (χ0n) is 14.9. The van der Waals surface area contributed by atoms with Crippen LogP contribution in [0.1, 0.15) is 23.2 Å². The first-order chi connectivity index (χ1) is 13.5. The van der Waals surface area contributed by atoms with Crippen LogP contribution in [0.5, 0.6) is 0 Å². The topological polar surface area (TPSA) is 80.0 Å².